The van der Waals surface area contributed by atoms with Crippen LogP contribution in [0.25, 0.3) is 0 Å². The topological polar surface area (TPSA) is 80.0 Å². The first-order chi connectivity index (χ1) is 10.1. The van der Waals surface area contributed by atoms with Crippen LogP contribution in [-0.2, 0) is 0 Å². The van der Waals surface area contributed by atoms with Crippen LogP contribution in [0.3, 0.4) is 0 Å². The lowest BCUT2D eigenvalue weighted by molar-refractivity contribution is 0.101. The third kappa shape index (κ3) is 2.88. The van der Waals surface area contributed by atoms with Crippen molar-refractivity contribution in [2.75, 3.05) is 11.9 Å². The molecule has 0 bridgehead atoms. The Labute approximate surface area is 124 Å². The average Bonchev–Trinajstić information content (AvgIpc) is 3.13. The molecule has 1 aliphatic rings. The lowest BCUT2D eigenvalue weighted by Gasteiger charge is -2.04. The van der Waals surface area contributed by atoms with Gasteiger partial charge in [0.25, 0.3) is 11.7 Å². The number of aromatic nitrogens is 2. The Morgan fingerprint density at radius 2 is 2.38 bits per heavy atom. The van der Waals surface area contributed by atoms with Crippen LogP contribution in [0.5, 0.6) is 0 Å². The maximum absolute atomic E-state index is 13.7. The van der Waals surface area contributed by atoms with E-state index in [0.717, 1.165) is 19.4 Å². The molecular weight excluding hydrogens is 299 g/mol. The Morgan fingerprint density at radius 3 is 3.14 bits per heavy atom. The van der Waals surface area contributed by atoms with Crippen molar-refractivity contribution in [2.45, 2.75) is 18.9 Å². The molecule has 1 atom stereocenters. The molecule has 1 fully saturated rings. The minimum Gasteiger partial charge on any atom is -0.337 e. The van der Waals surface area contributed by atoms with E-state index in [-0.39, 0.29) is 22.6 Å². The number of nitrogens with one attached hydrogen (secondary N) is 2. The average molecular weight is 311 g/mol. The smallest absolute Gasteiger partial charge is 0.297 e. The number of amides is 1. The molecule has 0 radical (unpaired) electrons. The molecule has 2 N–H and O–H groups in total. The van der Waals surface area contributed by atoms with Gasteiger partial charge < -0.3 is 15.2 Å². The second-order valence-electron chi connectivity index (χ2n) is 4.66. The molecule has 6 nitrogen and oxygen atoms in total. The number of carbonyl (C=O) groups is 1. The van der Waals surface area contributed by atoms with Gasteiger partial charge in [-0.1, -0.05) is 22.8 Å². The van der Waals surface area contributed by atoms with Gasteiger partial charge >= 0.3 is 0 Å². The Bertz CT molecular complexity index is 670. The molecule has 2 heterocycles. The Hall–Kier alpha value is -1.99. The summed E-state index contributed by atoms with van der Waals surface area (Å²) < 4.78 is 18.8. The highest BCUT2D eigenvalue weighted by Gasteiger charge is 2.24. The van der Waals surface area contributed by atoms with E-state index in [0.29, 0.717) is 5.89 Å². The van der Waals surface area contributed by atoms with Gasteiger partial charge in [0.15, 0.2) is 5.82 Å². The van der Waals surface area contributed by atoms with E-state index in [1.807, 2.05) is 0 Å². The van der Waals surface area contributed by atoms with Crippen LogP contribution in [0.15, 0.2) is 22.7 Å². The van der Waals surface area contributed by atoms with Crippen molar-refractivity contribution in [3.8, 4) is 0 Å². The van der Waals surface area contributed by atoms with Crippen molar-refractivity contribution >= 4 is 23.2 Å². The number of hydrogen-bond acceptors (Lipinski definition) is 5. The summed E-state index contributed by atoms with van der Waals surface area (Å²) in [5.74, 6) is -1.12. The van der Waals surface area contributed by atoms with E-state index in [2.05, 4.69) is 20.8 Å². The van der Waals surface area contributed by atoms with E-state index in [1.165, 1.54) is 18.2 Å². The molecule has 1 amide bonds. The SMILES string of the molecule is O=C(Nc1cccc(Cl)c1F)c1noc(C2CCCN2)n1. The summed E-state index contributed by atoms with van der Waals surface area (Å²) in [6.07, 6.45) is 1.90. The molecule has 0 aliphatic carbocycles. The molecule has 110 valence electrons. The van der Waals surface area contributed by atoms with Gasteiger partial charge in [-0.05, 0) is 31.5 Å². The number of anilines is 1. The molecule has 1 aromatic heterocycles. The highest BCUT2D eigenvalue weighted by Crippen LogP contribution is 2.23. The summed E-state index contributed by atoms with van der Waals surface area (Å²) in [7, 11) is 0. The van der Waals surface area contributed by atoms with Crippen LogP contribution >= 0.6 is 11.6 Å². The third-order valence-electron chi connectivity index (χ3n) is 3.20. The van der Waals surface area contributed by atoms with Gasteiger partial charge in [0, 0.05) is 0 Å². The molecule has 3 rings (SSSR count). The number of benzene rings is 1. The van der Waals surface area contributed by atoms with Crippen LogP contribution in [0, 0.1) is 5.82 Å². The predicted octanol–water partition coefficient (Wildman–Crippen LogP) is 2.54. The van der Waals surface area contributed by atoms with Gasteiger partial charge in [0.1, 0.15) is 0 Å². The van der Waals surface area contributed by atoms with Crippen LogP contribution in [0.4, 0.5) is 10.1 Å². The van der Waals surface area contributed by atoms with Gasteiger partial charge in [-0.15, -0.1) is 0 Å². The zero-order valence-corrected chi connectivity index (χ0v) is 11.7. The summed E-state index contributed by atoms with van der Waals surface area (Å²) >= 11 is 5.65. The van der Waals surface area contributed by atoms with Gasteiger partial charge in [0.2, 0.25) is 5.89 Å². The molecular formula is C13H12ClFN4O2. The van der Waals surface area contributed by atoms with E-state index in [9.17, 15) is 9.18 Å². The summed E-state index contributed by atoms with van der Waals surface area (Å²) in [5, 5.41) is 9.10. The number of nitrogens with zero attached hydrogens (tertiary/aromatic N) is 2. The van der Waals surface area contributed by atoms with E-state index < -0.39 is 11.7 Å². The van der Waals surface area contributed by atoms with Crippen LogP contribution in [-0.4, -0.2) is 22.6 Å². The normalized spacial score (nSPS) is 17.9. The highest BCUT2D eigenvalue weighted by atomic mass is 35.5. The van der Waals surface area contributed by atoms with Crippen molar-refractivity contribution in [3.63, 3.8) is 0 Å². The molecule has 1 aromatic carbocycles. The molecule has 1 saturated heterocycles. The fourth-order valence-electron chi connectivity index (χ4n) is 2.14. The maximum atomic E-state index is 13.7. The Balaban J connectivity index is 1.75. The number of carbonyl (C=O) groups excluding carboxylic acids is 1. The summed E-state index contributed by atoms with van der Waals surface area (Å²) in [4.78, 5) is 16.0. The maximum Gasteiger partial charge on any atom is 0.297 e. The molecule has 0 spiro atoms. The fourth-order valence-corrected chi connectivity index (χ4v) is 2.32. The van der Waals surface area contributed by atoms with Gasteiger partial charge in [-0.2, -0.15) is 4.98 Å². The molecule has 1 unspecified atom stereocenters. The first kappa shape index (κ1) is 14.0. The summed E-state index contributed by atoms with van der Waals surface area (Å²) in [6.45, 7) is 0.877. The van der Waals surface area contributed by atoms with Crippen LogP contribution in [0.2, 0.25) is 5.02 Å². The van der Waals surface area contributed by atoms with Crippen molar-refractivity contribution < 1.29 is 13.7 Å². The monoisotopic (exact) mass is 310 g/mol. The van der Waals surface area contributed by atoms with Crippen LogP contribution < -0.4 is 10.6 Å². The fraction of sp³-hybridized carbons (Fsp3) is 0.308. The van der Waals surface area contributed by atoms with Crippen molar-refractivity contribution in [3.05, 3.63) is 40.8 Å². The van der Waals surface area contributed by atoms with Gasteiger partial charge in [-0.25, -0.2) is 4.39 Å². The molecule has 0 saturated carbocycles. The summed E-state index contributed by atoms with van der Waals surface area (Å²) in [6, 6.07) is 4.30. The predicted molar refractivity (Wildman–Crippen MR) is 73.6 cm³/mol. The van der Waals surface area contributed by atoms with E-state index in [4.69, 9.17) is 16.1 Å². The minimum atomic E-state index is -0.700. The number of halogens is 2. The third-order valence-corrected chi connectivity index (χ3v) is 3.49. The molecule has 1 aliphatic heterocycles. The van der Waals surface area contributed by atoms with Crippen molar-refractivity contribution in [1.82, 2.24) is 15.5 Å². The first-order valence-electron chi connectivity index (χ1n) is 6.47. The largest absolute Gasteiger partial charge is 0.337 e. The number of hydrogen-bond donors (Lipinski definition) is 2. The first-order valence-corrected chi connectivity index (χ1v) is 6.85. The quantitative estimate of drug-likeness (QED) is 0.910. The number of rotatable bonds is 3. The zero-order valence-electron chi connectivity index (χ0n) is 10.9. The lowest BCUT2D eigenvalue weighted by Crippen LogP contribution is -2.16. The highest BCUT2D eigenvalue weighted by molar-refractivity contribution is 6.31. The lowest BCUT2D eigenvalue weighted by atomic mass is 10.2. The van der Waals surface area contributed by atoms with Crippen LogP contribution in [0.1, 0.15) is 35.4 Å². The van der Waals surface area contributed by atoms with E-state index in [1.54, 1.807) is 0 Å². The van der Waals surface area contributed by atoms with Crippen molar-refractivity contribution in [2.24, 2.45) is 0 Å². The second-order valence-corrected chi connectivity index (χ2v) is 5.07. The Morgan fingerprint density at radius 1 is 1.52 bits per heavy atom. The standard InChI is InChI=1S/C13H12ClFN4O2/c14-7-3-1-4-8(10(7)15)17-12(20)11-18-13(21-19-11)9-5-2-6-16-9/h1,3-4,9,16H,2,5-6H2,(H,17,20). The Kier molecular flexibility index (Phi) is 3.85. The molecule has 8 heteroatoms. The van der Waals surface area contributed by atoms with Crippen molar-refractivity contribution in [1.29, 1.82) is 0 Å². The second kappa shape index (κ2) is 5.79. The zero-order chi connectivity index (χ0) is 14.8. The van der Waals surface area contributed by atoms with Gasteiger partial charge in [-0.3, -0.25) is 4.79 Å². The molecule has 2 aromatic rings. The molecule has 21 heavy (non-hydrogen) atoms. The summed E-state index contributed by atoms with van der Waals surface area (Å²) in [5.41, 5.74) is -0.0298. The van der Waals surface area contributed by atoms with Gasteiger partial charge in [0.05, 0.1) is 16.8 Å². The van der Waals surface area contributed by atoms with E-state index >= 15 is 0 Å². The minimum absolute atomic E-state index is 0.0260.